The number of amidine groups is 1. The van der Waals surface area contributed by atoms with Crippen molar-refractivity contribution in [1.82, 2.24) is 0 Å². The van der Waals surface area contributed by atoms with E-state index in [1.807, 2.05) is 0 Å². The summed E-state index contributed by atoms with van der Waals surface area (Å²) in [7, 11) is 0. The Bertz CT molecular complexity index is 649. The quantitative estimate of drug-likeness (QED) is 0.349. The minimum absolute atomic E-state index is 0.101. The van der Waals surface area contributed by atoms with Crippen molar-refractivity contribution in [3.63, 3.8) is 0 Å². The van der Waals surface area contributed by atoms with Gasteiger partial charge >= 0.3 is 0 Å². The average molecular weight is 294 g/mol. The second kappa shape index (κ2) is 6.19. The maximum Gasteiger partial charge on any atom is 0.198 e. The molecule has 0 saturated heterocycles. The third-order valence-electron chi connectivity index (χ3n) is 2.73. The van der Waals surface area contributed by atoms with E-state index in [0.717, 1.165) is 12.1 Å². The van der Waals surface area contributed by atoms with Crippen molar-refractivity contribution in [1.29, 1.82) is 0 Å². The molecule has 7 heteroatoms. The molecule has 0 atom stereocenters. The molecule has 0 aliphatic rings. The molecule has 2 rings (SSSR count). The fraction of sp³-hybridized carbons (Fsp3) is 0.0714. The lowest BCUT2D eigenvalue weighted by atomic mass is 10.2. The molecule has 0 heterocycles. The van der Waals surface area contributed by atoms with E-state index in [9.17, 15) is 8.78 Å². The molecule has 2 aromatic carbocycles. The molecule has 0 fully saturated rings. The van der Waals surface area contributed by atoms with Gasteiger partial charge in [-0.3, -0.25) is 0 Å². The molecule has 0 saturated carbocycles. The minimum Gasteiger partial charge on any atom is -0.451 e. The summed E-state index contributed by atoms with van der Waals surface area (Å²) in [6.45, 7) is -0.141. The smallest absolute Gasteiger partial charge is 0.198 e. The number of ether oxygens (including phenoxy) is 1. The summed E-state index contributed by atoms with van der Waals surface area (Å²) in [5, 5.41) is 20.1. The Hall–Kier alpha value is -2.67. The summed E-state index contributed by atoms with van der Waals surface area (Å²) in [5.41, 5.74) is 5.81. The van der Waals surface area contributed by atoms with E-state index in [1.54, 1.807) is 12.1 Å². The second-order valence-electron chi connectivity index (χ2n) is 4.16. The first-order chi connectivity index (χ1) is 10.0. The fourth-order valence-corrected chi connectivity index (χ4v) is 1.64. The van der Waals surface area contributed by atoms with E-state index in [1.165, 1.54) is 12.1 Å². The molecule has 0 radical (unpaired) electrons. The van der Waals surface area contributed by atoms with Crippen molar-refractivity contribution in [2.75, 3.05) is 0 Å². The van der Waals surface area contributed by atoms with Crippen LogP contribution in [0, 0.1) is 11.6 Å². The van der Waals surface area contributed by atoms with Crippen LogP contribution < -0.4 is 10.5 Å². The Morgan fingerprint density at radius 3 is 2.19 bits per heavy atom. The number of halogens is 2. The van der Waals surface area contributed by atoms with Crippen LogP contribution in [0.15, 0.2) is 41.6 Å². The molecule has 0 aromatic heterocycles. The Balaban J connectivity index is 2.31. The first-order valence-electron chi connectivity index (χ1n) is 5.89. The lowest BCUT2D eigenvalue weighted by Gasteiger charge is -2.10. The number of benzene rings is 2. The van der Waals surface area contributed by atoms with E-state index in [-0.39, 0.29) is 17.9 Å². The Morgan fingerprint density at radius 1 is 1.14 bits per heavy atom. The zero-order valence-electron chi connectivity index (χ0n) is 10.8. The van der Waals surface area contributed by atoms with Crippen LogP contribution in [0.2, 0.25) is 0 Å². The number of hydrogen-bond donors (Lipinski definition) is 3. The molecule has 110 valence electrons. The number of nitrogens with two attached hydrogens (primary N) is 1. The van der Waals surface area contributed by atoms with E-state index >= 15 is 0 Å². The van der Waals surface area contributed by atoms with Crippen molar-refractivity contribution in [3.05, 3.63) is 59.2 Å². The van der Waals surface area contributed by atoms with Crippen molar-refractivity contribution < 1.29 is 23.8 Å². The maximum atomic E-state index is 13.8. The van der Waals surface area contributed by atoms with Gasteiger partial charge in [0.1, 0.15) is 5.75 Å². The van der Waals surface area contributed by atoms with Gasteiger partial charge in [0, 0.05) is 5.56 Å². The summed E-state index contributed by atoms with van der Waals surface area (Å²) in [6.07, 6.45) is 0. The van der Waals surface area contributed by atoms with E-state index in [2.05, 4.69) is 5.16 Å². The molecular formula is C14H12F2N2O3. The van der Waals surface area contributed by atoms with Crippen molar-refractivity contribution >= 4 is 5.84 Å². The predicted molar refractivity (Wildman–Crippen MR) is 71.3 cm³/mol. The van der Waals surface area contributed by atoms with Gasteiger partial charge in [-0.1, -0.05) is 17.3 Å². The Kier molecular flexibility index (Phi) is 4.34. The zero-order chi connectivity index (χ0) is 15.4. The van der Waals surface area contributed by atoms with Gasteiger partial charge in [0.2, 0.25) is 0 Å². The van der Waals surface area contributed by atoms with Gasteiger partial charge in [0.25, 0.3) is 0 Å². The van der Waals surface area contributed by atoms with Gasteiger partial charge in [-0.2, -0.15) is 0 Å². The lowest BCUT2D eigenvalue weighted by molar-refractivity contribution is 0.281. The maximum absolute atomic E-state index is 13.8. The van der Waals surface area contributed by atoms with Crippen LogP contribution in [0.4, 0.5) is 8.78 Å². The fourth-order valence-electron chi connectivity index (χ4n) is 1.64. The Morgan fingerprint density at radius 2 is 1.71 bits per heavy atom. The van der Waals surface area contributed by atoms with Crippen LogP contribution in [0.25, 0.3) is 0 Å². The number of rotatable bonds is 4. The van der Waals surface area contributed by atoms with Gasteiger partial charge < -0.3 is 20.8 Å². The van der Waals surface area contributed by atoms with Crippen molar-refractivity contribution in [3.8, 4) is 11.5 Å². The second-order valence-corrected chi connectivity index (χ2v) is 4.16. The standard InChI is InChI=1S/C14H12F2N2O3/c15-11-5-9(14(17)18-20)6-12(16)13(11)21-10-3-1-8(7-19)2-4-10/h1-6,19-20H,7H2,(H2,17,18). The number of hydrogen-bond acceptors (Lipinski definition) is 4. The molecule has 0 bridgehead atoms. The molecule has 5 nitrogen and oxygen atoms in total. The Labute approximate surface area is 118 Å². The first-order valence-corrected chi connectivity index (χ1v) is 5.89. The van der Waals surface area contributed by atoms with E-state index in [4.69, 9.17) is 20.8 Å². The third kappa shape index (κ3) is 3.26. The average Bonchev–Trinajstić information content (AvgIpc) is 2.50. The van der Waals surface area contributed by atoms with Crippen LogP contribution in [-0.2, 0) is 6.61 Å². The molecular weight excluding hydrogens is 282 g/mol. The summed E-state index contributed by atoms with van der Waals surface area (Å²) >= 11 is 0. The highest BCUT2D eigenvalue weighted by Gasteiger charge is 2.15. The molecule has 2 aromatic rings. The van der Waals surface area contributed by atoms with Gasteiger partial charge in [-0.25, -0.2) is 8.78 Å². The number of oxime groups is 1. The highest BCUT2D eigenvalue weighted by Crippen LogP contribution is 2.28. The molecule has 0 amide bonds. The highest BCUT2D eigenvalue weighted by atomic mass is 19.1. The third-order valence-corrected chi connectivity index (χ3v) is 2.73. The van der Waals surface area contributed by atoms with E-state index in [0.29, 0.717) is 5.56 Å². The van der Waals surface area contributed by atoms with Crippen molar-refractivity contribution in [2.24, 2.45) is 10.9 Å². The van der Waals surface area contributed by atoms with Crippen LogP contribution in [-0.4, -0.2) is 16.1 Å². The SMILES string of the molecule is N/C(=N/O)c1cc(F)c(Oc2ccc(CO)cc2)c(F)c1. The molecule has 21 heavy (non-hydrogen) atoms. The van der Waals surface area contributed by atoms with Crippen molar-refractivity contribution in [2.45, 2.75) is 6.61 Å². The number of aliphatic hydroxyl groups excluding tert-OH is 1. The normalized spacial score (nSPS) is 11.5. The monoisotopic (exact) mass is 294 g/mol. The molecule has 0 spiro atoms. The number of nitrogens with zero attached hydrogens (tertiary/aromatic N) is 1. The van der Waals surface area contributed by atoms with E-state index < -0.39 is 23.2 Å². The van der Waals surface area contributed by atoms with Crippen LogP contribution in [0.3, 0.4) is 0 Å². The van der Waals surface area contributed by atoms with Gasteiger partial charge in [-0.15, -0.1) is 0 Å². The zero-order valence-corrected chi connectivity index (χ0v) is 10.8. The summed E-state index contributed by atoms with van der Waals surface area (Å²) < 4.78 is 32.8. The molecule has 4 N–H and O–H groups in total. The summed E-state index contributed by atoms with van der Waals surface area (Å²) in [4.78, 5) is 0. The van der Waals surface area contributed by atoms with Gasteiger partial charge in [-0.05, 0) is 29.8 Å². The summed E-state index contributed by atoms with van der Waals surface area (Å²) in [5.74, 6) is -2.76. The number of aliphatic hydroxyl groups is 1. The lowest BCUT2D eigenvalue weighted by Crippen LogP contribution is -2.14. The van der Waals surface area contributed by atoms with Gasteiger partial charge in [0.15, 0.2) is 23.2 Å². The molecule has 0 unspecified atom stereocenters. The molecule has 0 aliphatic heterocycles. The molecule has 0 aliphatic carbocycles. The van der Waals surface area contributed by atoms with Crippen LogP contribution in [0.1, 0.15) is 11.1 Å². The predicted octanol–water partition coefficient (Wildman–Crippen LogP) is 2.34. The highest BCUT2D eigenvalue weighted by molar-refractivity contribution is 5.97. The largest absolute Gasteiger partial charge is 0.451 e. The topological polar surface area (TPSA) is 88.1 Å². The van der Waals surface area contributed by atoms with Gasteiger partial charge in [0.05, 0.1) is 6.61 Å². The summed E-state index contributed by atoms with van der Waals surface area (Å²) in [6, 6.07) is 7.88. The minimum atomic E-state index is -0.983. The van der Waals surface area contributed by atoms with Crippen LogP contribution in [0.5, 0.6) is 11.5 Å². The van der Waals surface area contributed by atoms with Crippen LogP contribution >= 0.6 is 0 Å². The first kappa shape index (κ1) is 14.7.